The molecular formula is C12H9NO. The minimum absolute atomic E-state index is 0.722. The molecule has 0 saturated carbocycles. The minimum Gasteiger partial charge on any atom is -0.438 e. The van der Waals surface area contributed by atoms with E-state index in [-0.39, 0.29) is 0 Å². The SMILES string of the molecule is C1=Cc2c(oc3ccccc23)N=CC1. The summed E-state index contributed by atoms with van der Waals surface area (Å²) in [7, 11) is 0. The Morgan fingerprint density at radius 3 is 3.14 bits per heavy atom. The van der Waals surface area contributed by atoms with Crippen LogP contribution in [0.3, 0.4) is 0 Å². The van der Waals surface area contributed by atoms with Gasteiger partial charge in [-0.3, -0.25) is 0 Å². The highest BCUT2D eigenvalue weighted by Crippen LogP contribution is 2.33. The van der Waals surface area contributed by atoms with Crippen molar-refractivity contribution in [1.82, 2.24) is 0 Å². The highest BCUT2D eigenvalue weighted by atomic mass is 16.3. The second-order valence-corrected chi connectivity index (χ2v) is 3.27. The average Bonchev–Trinajstić information content (AvgIpc) is 2.42. The Labute approximate surface area is 81.6 Å². The van der Waals surface area contributed by atoms with E-state index in [0.29, 0.717) is 0 Å². The molecule has 0 aliphatic carbocycles. The molecular weight excluding hydrogens is 174 g/mol. The van der Waals surface area contributed by atoms with Crippen LogP contribution < -0.4 is 0 Å². The van der Waals surface area contributed by atoms with Crippen LogP contribution in [-0.2, 0) is 0 Å². The zero-order valence-electron chi connectivity index (χ0n) is 7.60. The number of fused-ring (bicyclic) bond motifs is 3. The predicted molar refractivity (Wildman–Crippen MR) is 58.0 cm³/mol. The van der Waals surface area contributed by atoms with Crippen molar-refractivity contribution in [2.75, 3.05) is 0 Å². The van der Waals surface area contributed by atoms with E-state index in [1.165, 1.54) is 0 Å². The summed E-state index contributed by atoms with van der Waals surface area (Å²) < 4.78 is 5.62. The predicted octanol–water partition coefficient (Wildman–Crippen LogP) is 3.55. The van der Waals surface area contributed by atoms with Gasteiger partial charge >= 0.3 is 0 Å². The Kier molecular flexibility index (Phi) is 1.53. The van der Waals surface area contributed by atoms with Crippen molar-refractivity contribution in [2.45, 2.75) is 6.42 Å². The fourth-order valence-electron chi connectivity index (χ4n) is 1.69. The fraction of sp³-hybridized carbons (Fsp3) is 0.0833. The van der Waals surface area contributed by atoms with Crippen molar-refractivity contribution in [3.05, 3.63) is 35.9 Å². The molecule has 68 valence electrons. The standard InChI is InChI=1S/C12H9NO/c1-2-7-11-9(5-1)10-6-3-4-8-13-12(10)14-11/h1-3,5-8H,4H2. The number of furan rings is 1. The highest BCUT2D eigenvalue weighted by Gasteiger charge is 2.10. The number of aliphatic imine (C=N–C) groups is 1. The first kappa shape index (κ1) is 7.56. The normalized spacial score (nSPS) is 14.3. The van der Waals surface area contributed by atoms with Crippen molar-refractivity contribution in [3.8, 4) is 0 Å². The number of allylic oxidation sites excluding steroid dienone is 1. The lowest BCUT2D eigenvalue weighted by atomic mass is 10.1. The molecule has 0 N–H and O–H groups in total. The Morgan fingerprint density at radius 1 is 1.21 bits per heavy atom. The molecule has 2 heterocycles. The van der Waals surface area contributed by atoms with Gasteiger partial charge in [-0.25, -0.2) is 4.99 Å². The first-order valence-corrected chi connectivity index (χ1v) is 4.66. The lowest BCUT2D eigenvalue weighted by Gasteiger charge is -1.87. The second-order valence-electron chi connectivity index (χ2n) is 3.27. The van der Waals surface area contributed by atoms with Gasteiger partial charge in [-0.05, 0) is 6.07 Å². The summed E-state index contributed by atoms with van der Waals surface area (Å²) in [6.07, 6.45) is 6.91. The van der Waals surface area contributed by atoms with Crippen LogP contribution in [0.25, 0.3) is 17.0 Å². The van der Waals surface area contributed by atoms with Crippen LogP contribution in [0, 0.1) is 0 Å². The molecule has 0 unspecified atom stereocenters. The van der Waals surface area contributed by atoms with Crippen LogP contribution in [0.5, 0.6) is 0 Å². The van der Waals surface area contributed by atoms with Crippen LogP contribution in [0.2, 0.25) is 0 Å². The van der Waals surface area contributed by atoms with Gasteiger partial charge in [-0.1, -0.05) is 30.4 Å². The van der Waals surface area contributed by atoms with Gasteiger partial charge in [-0.15, -0.1) is 0 Å². The van der Waals surface area contributed by atoms with Gasteiger partial charge in [0.15, 0.2) is 0 Å². The van der Waals surface area contributed by atoms with Crippen molar-refractivity contribution in [2.24, 2.45) is 4.99 Å². The number of nitrogens with zero attached hydrogens (tertiary/aromatic N) is 1. The summed E-state index contributed by atoms with van der Waals surface area (Å²) in [6.45, 7) is 0. The number of para-hydroxylation sites is 1. The van der Waals surface area contributed by atoms with Gasteiger partial charge in [0.25, 0.3) is 0 Å². The molecule has 1 aliphatic rings. The molecule has 2 heteroatoms. The molecule has 0 atom stereocenters. The van der Waals surface area contributed by atoms with Crippen LogP contribution in [0.15, 0.2) is 39.8 Å². The lowest BCUT2D eigenvalue weighted by Crippen LogP contribution is -1.66. The maximum absolute atomic E-state index is 5.62. The highest BCUT2D eigenvalue weighted by molar-refractivity contribution is 5.93. The van der Waals surface area contributed by atoms with E-state index in [1.54, 1.807) is 0 Å². The van der Waals surface area contributed by atoms with E-state index in [2.05, 4.69) is 23.2 Å². The molecule has 2 aromatic rings. The molecule has 14 heavy (non-hydrogen) atoms. The summed E-state index contributed by atoms with van der Waals surface area (Å²) >= 11 is 0. The third-order valence-corrected chi connectivity index (χ3v) is 2.35. The number of hydrogen-bond acceptors (Lipinski definition) is 2. The molecule has 1 aliphatic heterocycles. The van der Waals surface area contributed by atoms with E-state index in [0.717, 1.165) is 28.8 Å². The molecule has 1 aromatic carbocycles. The summed E-state index contributed by atoms with van der Waals surface area (Å²) in [5.74, 6) is 0.722. The maximum Gasteiger partial charge on any atom is 0.226 e. The first-order chi connectivity index (χ1) is 6.95. The molecule has 0 saturated heterocycles. The van der Waals surface area contributed by atoms with E-state index in [4.69, 9.17) is 4.42 Å². The van der Waals surface area contributed by atoms with Gasteiger partial charge in [0.1, 0.15) is 5.58 Å². The number of hydrogen-bond donors (Lipinski definition) is 0. The van der Waals surface area contributed by atoms with E-state index in [9.17, 15) is 0 Å². The Balaban J connectivity index is 2.41. The van der Waals surface area contributed by atoms with Gasteiger partial charge < -0.3 is 4.42 Å². The van der Waals surface area contributed by atoms with Gasteiger partial charge in [-0.2, -0.15) is 0 Å². The Morgan fingerprint density at radius 2 is 2.14 bits per heavy atom. The van der Waals surface area contributed by atoms with E-state index in [1.807, 2.05) is 24.4 Å². The minimum atomic E-state index is 0.722. The third-order valence-electron chi connectivity index (χ3n) is 2.35. The smallest absolute Gasteiger partial charge is 0.226 e. The summed E-state index contributed by atoms with van der Waals surface area (Å²) in [5.41, 5.74) is 2.00. The van der Waals surface area contributed by atoms with Crippen molar-refractivity contribution in [1.29, 1.82) is 0 Å². The number of rotatable bonds is 0. The van der Waals surface area contributed by atoms with E-state index < -0.39 is 0 Å². The summed E-state index contributed by atoms with van der Waals surface area (Å²) in [5, 5.41) is 1.14. The van der Waals surface area contributed by atoms with Crippen molar-refractivity contribution >= 4 is 29.1 Å². The Bertz CT molecular complexity index is 534. The molecule has 0 amide bonds. The van der Waals surface area contributed by atoms with Gasteiger partial charge in [0, 0.05) is 23.6 Å². The van der Waals surface area contributed by atoms with Crippen LogP contribution in [0.4, 0.5) is 5.88 Å². The zero-order chi connectivity index (χ0) is 9.38. The van der Waals surface area contributed by atoms with Crippen LogP contribution >= 0.6 is 0 Å². The average molecular weight is 183 g/mol. The lowest BCUT2D eigenvalue weighted by molar-refractivity contribution is 0.625. The molecule has 0 radical (unpaired) electrons. The van der Waals surface area contributed by atoms with Crippen molar-refractivity contribution in [3.63, 3.8) is 0 Å². The quantitative estimate of drug-likeness (QED) is 0.613. The largest absolute Gasteiger partial charge is 0.438 e. The second kappa shape index (κ2) is 2.84. The molecule has 3 rings (SSSR count). The van der Waals surface area contributed by atoms with Crippen LogP contribution in [0.1, 0.15) is 12.0 Å². The molecule has 0 spiro atoms. The molecule has 0 fully saturated rings. The summed E-state index contributed by atoms with van der Waals surface area (Å²) in [4.78, 5) is 4.27. The van der Waals surface area contributed by atoms with Crippen molar-refractivity contribution < 1.29 is 4.42 Å². The third kappa shape index (κ3) is 1.01. The van der Waals surface area contributed by atoms with Gasteiger partial charge in [0.05, 0.1) is 0 Å². The molecule has 1 aromatic heterocycles. The molecule has 0 bridgehead atoms. The van der Waals surface area contributed by atoms with Crippen LogP contribution in [-0.4, -0.2) is 6.21 Å². The van der Waals surface area contributed by atoms with Gasteiger partial charge in [0.2, 0.25) is 5.88 Å². The fourth-order valence-corrected chi connectivity index (χ4v) is 1.69. The topological polar surface area (TPSA) is 25.5 Å². The van der Waals surface area contributed by atoms with E-state index >= 15 is 0 Å². The number of benzene rings is 1. The molecule has 2 nitrogen and oxygen atoms in total. The maximum atomic E-state index is 5.62. The Hall–Kier alpha value is -1.83. The summed E-state index contributed by atoms with van der Waals surface area (Å²) in [6, 6.07) is 8.01. The zero-order valence-corrected chi connectivity index (χ0v) is 7.60. The first-order valence-electron chi connectivity index (χ1n) is 4.66. The monoisotopic (exact) mass is 183 g/mol.